The Morgan fingerprint density at radius 3 is 2.19 bits per heavy atom. The molecule has 31 heavy (non-hydrogen) atoms. The highest BCUT2D eigenvalue weighted by Crippen LogP contribution is 2.55. The first kappa shape index (κ1) is 21.4. The van der Waals surface area contributed by atoms with E-state index in [0.717, 1.165) is 29.9 Å². The molecule has 2 aromatic rings. The molecule has 0 radical (unpaired) electrons. The largest absolute Gasteiger partial charge is 0.493 e. The quantitative estimate of drug-likeness (QED) is 0.490. The minimum Gasteiger partial charge on any atom is -0.493 e. The Hall–Kier alpha value is -1.49. The van der Waals surface area contributed by atoms with E-state index in [2.05, 4.69) is 5.32 Å². The topological polar surface area (TPSA) is 30.5 Å². The van der Waals surface area contributed by atoms with Crippen LogP contribution in [0.15, 0.2) is 30.3 Å². The van der Waals surface area contributed by atoms with Gasteiger partial charge in [0, 0.05) is 28.7 Å². The smallest absolute Gasteiger partial charge is 0.163 e. The maximum Gasteiger partial charge on any atom is 0.163 e. The number of halogens is 3. The van der Waals surface area contributed by atoms with E-state index in [9.17, 15) is 4.39 Å². The Bertz CT molecular complexity index is 945. The fraction of sp³-hybridized carbons (Fsp3) is 0.520. The molecule has 4 fully saturated rings. The average molecular weight is 464 g/mol. The van der Waals surface area contributed by atoms with Crippen LogP contribution in [0, 0.1) is 23.6 Å². The summed E-state index contributed by atoms with van der Waals surface area (Å²) in [6.45, 7) is 0.933. The summed E-state index contributed by atoms with van der Waals surface area (Å²) in [6, 6.07) is 8.03. The zero-order chi connectivity index (χ0) is 21.6. The third-order valence-electron chi connectivity index (χ3n) is 7.42. The third-order valence-corrected chi connectivity index (χ3v) is 8.13. The van der Waals surface area contributed by atoms with E-state index in [1.54, 1.807) is 19.2 Å². The molecule has 1 N–H and O–H groups in total. The molecule has 0 aromatic heterocycles. The zero-order valence-electron chi connectivity index (χ0n) is 17.7. The van der Waals surface area contributed by atoms with Gasteiger partial charge >= 0.3 is 0 Å². The second-order valence-electron chi connectivity index (χ2n) is 9.67. The van der Waals surface area contributed by atoms with E-state index in [1.807, 2.05) is 6.07 Å². The van der Waals surface area contributed by atoms with Crippen LogP contribution < -0.4 is 14.8 Å². The van der Waals surface area contributed by atoms with Gasteiger partial charge in [-0.15, -0.1) is 0 Å². The zero-order valence-corrected chi connectivity index (χ0v) is 19.2. The summed E-state index contributed by atoms with van der Waals surface area (Å²) < 4.78 is 24.7. The molecule has 0 spiro atoms. The van der Waals surface area contributed by atoms with E-state index in [-0.39, 0.29) is 18.0 Å². The second-order valence-corrected chi connectivity index (χ2v) is 10.5. The Morgan fingerprint density at radius 1 is 0.935 bits per heavy atom. The van der Waals surface area contributed by atoms with E-state index >= 15 is 0 Å². The van der Waals surface area contributed by atoms with Crippen molar-refractivity contribution >= 4 is 23.2 Å². The molecule has 6 rings (SSSR count). The second kappa shape index (κ2) is 8.46. The lowest BCUT2D eigenvalue weighted by Crippen LogP contribution is -2.58. The molecule has 4 aliphatic rings. The molecular weight excluding hydrogens is 436 g/mol. The summed E-state index contributed by atoms with van der Waals surface area (Å²) in [7, 11) is 1.62. The predicted molar refractivity (Wildman–Crippen MR) is 121 cm³/mol. The highest BCUT2D eigenvalue weighted by molar-refractivity contribution is 6.31. The van der Waals surface area contributed by atoms with Gasteiger partial charge in [0.15, 0.2) is 11.5 Å². The first-order chi connectivity index (χ1) is 14.9. The van der Waals surface area contributed by atoms with Crippen molar-refractivity contribution in [2.45, 2.75) is 57.2 Å². The van der Waals surface area contributed by atoms with Gasteiger partial charge in [0.2, 0.25) is 0 Å². The van der Waals surface area contributed by atoms with Crippen LogP contribution >= 0.6 is 23.2 Å². The number of hydrogen-bond donors (Lipinski definition) is 1. The van der Waals surface area contributed by atoms with Crippen LogP contribution in [0.3, 0.4) is 0 Å². The Morgan fingerprint density at radius 2 is 1.58 bits per heavy atom. The molecule has 4 saturated carbocycles. The minimum atomic E-state index is -0.370. The van der Waals surface area contributed by atoms with E-state index in [1.165, 1.54) is 50.7 Å². The van der Waals surface area contributed by atoms with Crippen LogP contribution in [0.2, 0.25) is 10.0 Å². The van der Waals surface area contributed by atoms with Crippen molar-refractivity contribution in [2.24, 2.45) is 17.8 Å². The molecule has 6 heteroatoms. The molecule has 0 saturated heterocycles. The molecule has 0 amide bonds. The number of rotatable bonds is 7. The maximum atomic E-state index is 13.3. The highest BCUT2D eigenvalue weighted by Gasteiger charge is 2.50. The molecule has 0 heterocycles. The number of nitrogens with one attached hydrogen (secondary N) is 1. The molecule has 0 atom stereocenters. The van der Waals surface area contributed by atoms with Crippen molar-refractivity contribution in [2.75, 3.05) is 7.11 Å². The summed E-state index contributed by atoms with van der Waals surface area (Å²) in [6.07, 6.45) is 8.19. The summed E-state index contributed by atoms with van der Waals surface area (Å²) >= 11 is 12.7. The van der Waals surface area contributed by atoms with Crippen LogP contribution in [0.5, 0.6) is 11.5 Å². The fourth-order valence-corrected chi connectivity index (χ4v) is 6.83. The monoisotopic (exact) mass is 463 g/mol. The SMILES string of the molecule is COc1cc(CNC23CC4CC(CC(C4)C2)C3)c(Cl)cc1OCc1ccc(F)cc1Cl. The lowest BCUT2D eigenvalue weighted by molar-refractivity contribution is -0.0206. The van der Waals surface area contributed by atoms with Crippen molar-refractivity contribution in [1.29, 1.82) is 0 Å². The van der Waals surface area contributed by atoms with Crippen LogP contribution in [-0.4, -0.2) is 12.6 Å². The maximum absolute atomic E-state index is 13.3. The molecule has 4 aliphatic carbocycles. The average Bonchev–Trinajstić information content (AvgIpc) is 2.71. The normalized spacial score (nSPS) is 28.7. The van der Waals surface area contributed by atoms with Crippen LogP contribution in [0.25, 0.3) is 0 Å². The van der Waals surface area contributed by atoms with Gasteiger partial charge in [-0.3, -0.25) is 0 Å². The molecule has 2 aromatic carbocycles. The van der Waals surface area contributed by atoms with Gasteiger partial charge in [-0.2, -0.15) is 0 Å². The van der Waals surface area contributed by atoms with Gasteiger partial charge in [-0.1, -0.05) is 29.3 Å². The van der Waals surface area contributed by atoms with Gasteiger partial charge < -0.3 is 14.8 Å². The standard InChI is InChI=1S/C25H28Cl2FNO2/c1-30-23-7-19(13-29-25-10-15-4-16(11-25)6-17(5-15)12-25)22(27)9-24(23)31-14-18-2-3-20(28)8-21(18)26/h2-3,7-9,15-17,29H,4-6,10-14H2,1H3. The summed E-state index contributed by atoms with van der Waals surface area (Å²) in [5.41, 5.74) is 2.00. The van der Waals surface area contributed by atoms with Crippen molar-refractivity contribution in [1.82, 2.24) is 5.32 Å². The van der Waals surface area contributed by atoms with Crippen molar-refractivity contribution in [3.05, 3.63) is 57.3 Å². The minimum absolute atomic E-state index is 0.205. The number of ether oxygens (including phenoxy) is 2. The fourth-order valence-electron chi connectivity index (χ4n) is 6.39. The van der Waals surface area contributed by atoms with E-state index in [4.69, 9.17) is 32.7 Å². The molecule has 3 nitrogen and oxygen atoms in total. The van der Waals surface area contributed by atoms with Gasteiger partial charge in [-0.25, -0.2) is 4.39 Å². The molecule has 166 valence electrons. The van der Waals surface area contributed by atoms with Crippen LogP contribution in [0.4, 0.5) is 4.39 Å². The predicted octanol–water partition coefficient (Wildman–Crippen LogP) is 6.78. The Kier molecular flexibility index (Phi) is 5.83. The highest BCUT2D eigenvalue weighted by atomic mass is 35.5. The van der Waals surface area contributed by atoms with Crippen LogP contribution in [-0.2, 0) is 13.2 Å². The van der Waals surface area contributed by atoms with Gasteiger partial charge in [-0.05, 0) is 80.0 Å². The summed E-state index contributed by atoms with van der Waals surface area (Å²) in [5, 5.41) is 4.88. The van der Waals surface area contributed by atoms with Gasteiger partial charge in [0.1, 0.15) is 12.4 Å². The first-order valence-corrected chi connectivity index (χ1v) is 11.9. The number of benzene rings is 2. The molecule has 0 unspecified atom stereocenters. The lowest BCUT2D eigenvalue weighted by atomic mass is 9.53. The third kappa shape index (κ3) is 4.40. The van der Waals surface area contributed by atoms with E-state index < -0.39 is 0 Å². The Balaban J connectivity index is 1.28. The number of methoxy groups -OCH3 is 1. The van der Waals surface area contributed by atoms with Gasteiger partial charge in [0.25, 0.3) is 0 Å². The summed E-state index contributed by atoms with van der Waals surface area (Å²) in [4.78, 5) is 0. The van der Waals surface area contributed by atoms with E-state index in [0.29, 0.717) is 27.1 Å². The Labute approximate surface area is 193 Å². The van der Waals surface area contributed by atoms with Gasteiger partial charge in [0.05, 0.1) is 12.1 Å². The summed E-state index contributed by atoms with van der Waals surface area (Å²) in [5.74, 6) is 3.51. The first-order valence-electron chi connectivity index (χ1n) is 11.1. The van der Waals surface area contributed by atoms with Crippen molar-refractivity contribution in [3.8, 4) is 11.5 Å². The molecule has 4 bridgehead atoms. The van der Waals surface area contributed by atoms with Crippen molar-refractivity contribution in [3.63, 3.8) is 0 Å². The molecule has 0 aliphatic heterocycles. The molecular formula is C25H28Cl2FNO2. The number of hydrogen-bond acceptors (Lipinski definition) is 3. The van der Waals surface area contributed by atoms with Crippen LogP contribution in [0.1, 0.15) is 49.7 Å². The van der Waals surface area contributed by atoms with Crippen molar-refractivity contribution < 1.29 is 13.9 Å². The lowest BCUT2D eigenvalue weighted by Gasteiger charge is -2.57.